The van der Waals surface area contributed by atoms with E-state index in [4.69, 9.17) is 11.6 Å². The van der Waals surface area contributed by atoms with Crippen molar-refractivity contribution in [3.63, 3.8) is 0 Å². The fourth-order valence-electron chi connectivity index (χ4n) is 3.81. The van der Waals surface area contributed by atoms with Gasteiger partial charge in [0, 0.05) is 17.6 Å². The second kappa shape index (κ2) is 7.67. The summed E-state index contributed by atoms with van der Waals surface area (Å²) in [5.41, 5.74) is 1.27. The number of benzene rings is 2. The van der Waals surface area contributed by atoms with Gasteiger partial charge in [0.1, 0.15) is 5.69 Å². The van der Waals surface area contributed by atoms with Gasteiger partial charge in [-0.25, -0.2) is 4.90 Å². The number of nitrogens with zero attached hydrogens (tertiary/aromatic N) is 2. The molecule has 0 radical (unpaired) electrons. The first kappa shape index (κ1) is 19.1. The molecule has 2 aromatic rings. The lowest BCUT2D eigenvalue weighted by Crippen LogP contribution is -2.30. The summed E-state index contributed by atoms with van der Waals surface area (Å²) in [6.07, 6.45) is 4.85. The van der Waals surface area contributed by atoms with Crippen molar-refractivity contribution in [3.8, 4) is 0 Å². The Balaban J connectivity index is 1.59. The maximum atomic E-state index is 12.7. The number of imide groups is 1. The molecule has 148 valence electrons. The minimum atomic E-state index is -0.521. The predicted molar refractivity (Wildman–Crippen MR) is 110 cm³/mol. The van der Waals surface area contributed by atoms with Crippen molar-refractivity contribution in [2.24, 2.45) is 11.8 Å². The van der Waals surface area contributed by atoms with E-state index >= 15 is 0 Å². The minimum Gasteiger partial charge on any atom is -0.375 e. The van der Waals surface area contributed by atoms with Gasteiger partial charge >= 0.3 is 0 Å². The van der Waals surface area contributed by atoms with Crippen LogP contribution in [0, 0.1) is 22.0 Å². The van der Waals surface area contributed by atoms with Crippen molar-refractivity contribution in [1.29, 1.82) is 0 Å². The van der Waals surface area contributed by atoms with Crippen LogP contribution in [0.1, 0.15) is 18.4 Å². The van der Waals surface area contributed by atoms with E-state index in [1.165, 1.54) is 12.1 Å². The van der Waals surface area contributed by atoms with Gasteiger partial charge in [-0.05, 0) is 42.7 Å². The maximum absolute atomic E-state index is 12.7. The summed E-state index contributed by atoms with van der Waals surface area (Å²) in [6.45, 7) is 0.370. The van der Waals surface area contributed by atoms with E-state index in [9.17, 15) is 19.7 Å². The number of halogens is 1. The topological polar surface area (TPSA) is 92.6 Å². The molecule has 0 bridgehead atoms. The van der Waals surface area contributed by atoms with Gasteiger partial charge in [-0.3, -0.25) is 19.7 Å². The van der Waals surface area contributed by atoms with Crippen LogP contribution in [0.2, 0.25) is 5.02 Å². The Labute approximate surface area is 172 Å². The Hall–Kier alpha value is -3.19. The molecular formula is C21H18ClN3O4. The highest BCUT2D eigenvalue weighted by Crippen LogP contribution is 2.39. The summed E-state index contributed by atoms with van der Waals surface area (Å²) in [5.74, 6) is -1.34. The monoisotopic (exact) mass is 411 g/mol. The third-order valence-electron chi connectivity index (χ3n) is 5.34. The number of carbonyl (C=O) groups excluding carboxylic acids is 2. The van der Waals surface area contributed by atoms with Crippen molar-refractivity contribution in [2.75, 3.05) is 10.2 Å². The number of allylic oxidation sites excluding steroid dienone is 2. The van der Waals surface area contributed by atoms with E-state index in [-0.39, 0.29) is 35.0 Å². The molecule has 1 fully saturated rings. The number of carbonyl (C=O) groups is 2. The number of nitro groups is 1. The van der Waals surface area contributed by atoms with Crippen LogP contribution in [-0.4, -0.2) is 16.7 Å². The van der Waals surface area contributed by atoms with E-state index in [1.807, 2.05) is 24.3 Å². The Bertz CT molecular complexity index is 993. The van der Waals surface area contributed by atoms with E-state index in [2.05, 4.69) is 5.32 Å². The molecule has 1 heterocycles. The normalized spacial score (nSPS) is 20.7. The molecule has 8 heteroatoms. The van der Waals surface area contributed by atoms with Crippen LogP contribution < -0.4 is 10.2 Å². The van der Waals surface area contributed by atoms with Crippen LogP contribution in [0.25, 0.3) is 0 Å². The molecule has 2 atom stereocenters. The van der Waals surface area contributed by atoms with Gasteiger partial charge in [0.15, 0.2) is 0 Å². The van der Waals surface area contributed by atoms with Gasteiger partial charge < -0.3 is 5.32 Å². The highest BCUT2D eigenvalue weighted by Gasteiger charge is 2.48. The van der Waals surface area contributed by atoms with Crippen LogP contribution in [0.3, 0.4) is 0 Å². The van der Waals surface area contributed by atoms with Gasteiger partial charge in [-0.15, -0.1) is 0 Å². The summed E-state index contributed by atoms with van der Waals surface area (Å²) in [5, 5.41) is 15.3. The molecule has 0 spiro atoms. The fourth-order valence-corrected chi connectivity index (χ4v) is 3.94. The van der Waals surface area contributed by atoms with Crippen LogP contribution in [0.5, 0.6) is 0 Å². The van der Waals surface area contributed by atoms with Crippen LogP contribution in [0.4, 0.5) is 17.1 Å². The highest BCUT2D eigenvalue weighted by atomic mass is 35.5. The first-order valence-corrected chi connectivity index (χ1v) is 9.63. The van der Waals surface area contributed by atoms with Crippen LogP contribution >= 0.6 is 11.6 Å². The lowest BCUT2D eigenvalue weighted by molar-refractivity contribution is -0.383. The number of fused-ring (bicyclic) bond motifs is 1. The molecular weight excluding hydrogens is 394 g/mol. The lowest BCUT2D eigenvalue weighted by Gasteiger charge is -2.16. The SMILES string of the molecule is O=C1[C@@H]2CC=CC[C@H]2C(=O)N1c1ccc(NCc2ccc(Cl)cc2)c([N+](=O)[O-])c1. The molecule has 0 unspecified atom stereocenters. The Kier molecular flexibility index (Phi) is 5.07. The second-order valence-electron chi connectivity index (χ2n) is 7.11. The molecule has 1 N–H and O–H groups in total. The molecule has 2 aliphatic rings. The lowest BCUT2D eigenvalue weighted by atomic mass is 9.85. The number of hydrogen-bond donors (Lipinski definition) is 1. The molecule has 0 saturated carbocycles. The number of anilines is 2. The average molecular weight is 412 g/mol. The van der Waals surface area contributed by atoms with Crippen molar-refractivity contribution in [3.05, 3.63) is 75.3 Å². The largest absolute Gasteiger partial charge is 0.375 e. The van der Waals surface area contributed by atoms with Gasteiger partial charge in [0.05, 0.1) is 22.4 Å². The summed E-state index contributed by atoms with van der Waals surface area (Å²) >= 11 is 5.87. The Morgan fingerprint density at radius 1 is 1.03 bits per heavy atom. The molecule has 2 amide bonds. The smallest absolute Gasteiger partial charge is 0.294 e. The third-order valence-corrected chi connectivity index (χ3v) is 5.59. The average Bonchev–Trinajstić information content (AvgIpc) is 2.98. The molecule has 1 saturated heterocycles. The Morgan fingerprint density at radius 2 is 1.66 bits per heavy atom. The molecule has 4 rings (SSSR count). The maximum Gasteiger partial charge on any atom is 0.294 e. The van der Waals surface area contributed by atoms with Crippen molar-refractivity contribution in [2.45, 2.75) is 19.4 Å². The van der Waals surface area contributed by atoms with Crippen LogP contribution in [0.15, 0.2) is 54.6 Å². The molecule has 29 heavy (non-hydrogen) atoms. The molecule has 1 aliphatic carbocycles. The third kappa shape index (κ3) is 3.61. The van der Waals surface area contributed by atoms with Gasteiger partial charge in [0.25, 0.3) is 5.69 Å². The van der Waals surface area contributed by atoms with Crippen molar-refractivity contribution in [1.82, 2.24) is 0 Å². The van der Waals surface area contributed by atoms with Gasteiger partial charge in [-0.1, -0.05) is 35.9 Å². The summed E-state index contributed by atoms with van der Waals surface area (Å²) in [4.78, 5) is 37.6. The first-order chi connectivity index (χ1) is 14.0. The fraction of sp³-hybridized carbons (Fsp3) is 0.238. The molecule has 0 aromatic heterocycles. The zero-order valence-corrected chi connectivity index (χ0v) is 16.1. The highest BCUT2D eigenvalue weighted by molar-refractivity contribution is 6.30. The zero-order chi connectivity index (χ0) is 20.5. The molecule has 1 aliphatic heterocycles. The van der Waals surface area contributed by atoms with E-state index in [1.54, 1.807) is 18.2 Å². The van der Waals surface area contributed by atoms with Crippen LogP contribution in [-0.2, 0) is 16.1 Å². The second-order valence-corrected chi connectivity index (χ2v) is 7.54. The Morgan fingerprint density at radius 3 is 2.24 bits per heavy atom. The number of nitro benzene ring substituents is 1. The van der Waals surface area contributed by atoms with Gasteiger partial charge in [-0.2, -0.15) is 0 Å². The standard InChI is InChI=1S/C21H18ClN3O4/c22-14-7-5-13(6-8-14)12-23-18-10-9-15(11-19(18)25(28)29)24-20(26)16-3-1-2-4-17(16)21(24)27/h1-2,5-11,16-17,23H,3-4,12H2/t16-,17-/m1/s1. The first-order valence-electron chi connectivity index (χ1n) is 9.25. The number of nitrogens with one attached hydrogen (secondary N) is 1. The minimum absolute atomic E-state index is 0.190. The quantitative estimate of drug-likeness (QED) is 0.342. The van der Waals surface area contributed by atoms with E-state index in [0.29, 0.717) is 30.1 Å². The number of amides is 2. The molecule has 7 nitrogen and oxygen atoms in total. The van der Waals surface area contributed by atoms with E-state index in [0.717, 1.165) is 10.5 Å². The van der Waals surface area contributed by atoms with Crippen molar-refractivity contribution < 1.29 is 14.5 Å². The summed E-state index contributed by atoms with van der Waals surface area (Å²) in [7, 11) is 0. The van der Waals surface area contributed by atoms with Crippen molar-refractivity contribution >= 4 is 40.5 Å². The predicted octanol–water partition coefficient (Wildman–Crippen LogP) is 4.32. The molecule has 2 aromatic carbocycles. The number of hydrogen-bond acceptors (Lipinski definition) is 5. The number of rotatable bonds is 5. The summed E-state index contributed by atoms with van der Waals surface area (Å²) < 4.78 is 0. The summed E-state index contributed by atoms with van der Waals surface area (Å²) in [6, 6.07) is 11.5. The zero-order valence-electron chi connectivity index (χ0n) is 15.4. The van der Waals surface area contributed by atoms with Gasteiger partial charge in [0.2, 0.25) is 11.8 Å². The van der Waals surface area contributed by atoms with E-state index < -0.39 is 4.92 Å².